The molecule has 2 aliphatic heterocycles. The summed E-state index contributed by atoms with van der Waals surface area (Å²) in [4.78, 5) is 2.59. The summed E-state index contributed by atoms with van der Waals surface area (Å²) in [7, 11) is 0. The van der Waals surface area contributed by atoms with Crippen molar-refractivity contribution in [2.45, 2.75) is 25.3 Å². The lowest BCUT2D eigenvalue weighted by atomic mass is 10.3. The minimum atomic E-state index is 0.681. The van der Waals surface area contributed by atoms with Crippen molar-refractivity contribution >= 4 is 0 Å². The number of nitrogens with one attached hydrogen (secondary N) is 2. The summed E-state index contributed by atoms with van der Waals surface area (Å²) in [6.07, 6.45) is 4.08. The van der Waals surface area contributed by atoms with Crippen molar-refractivity contribution in [2.24, 2.45) is 0 Å². The van der Waals surface area contributed by atoms with Gasteiger partial charge in [-0.25, -0.2) is 0 Å². The van der Waals surface area contributed by atoms with Gasteiger partial charge in [-0.15, -0.1) is 0 Å². The molecule has 0 aliphatic carbocycles. The molecule has 2 saturated heterocycles. The predicted octanol–water partition coefficient (Wildman–Crippen LogP) is 0.0337. The normalized spacial score (nSPS) is 31.8. The predicted molar refractivity (Wildman–Crippen MR) is 55.0 cm³/mol. The number of hydrogen-bond donors (Lipinski definition) is 2. The third-order valence-electron chi connectivity index (χ3n) is 3.03. The average molecular weight is 183 g/mol. The van der Waals surface area contributed by atoms with Gasteiger partial charge in [0.2, 0.25) is 0 Å². The fourth-order valence-corrected chi connectivity index (χ4v) is 2.27. The van der Waals surface area contributed by atoms with Gasteiger partial charge in [-0.1, -0.05) is 0 Å². The SMILES string of the molecule is C1CNCC(CN2CCCC2)NC1. The van der Waals surface area contributed by atoms with Crippen molar-refractivity contribution in [3.05, 3.63) is 0 Å². The van der Waals surface area contributed by atoms with Crippen LogP contribution >= 0.6 is 0 Å². The van der Waals surface area contributed by atoms with Crippen LogP contribution < -0.4 is 10.6 Å². The Bertz CT molecular complexity index is 135. The summed E-state index contributed by atoms with van der Waals surface area (Å²) in [5.41, 5.74) is 0. The van der Waals surface area contributed by atoms with Crippen molar-refractivity contribution in [1.29, 1.82) is 0 Å². The molecule has 2 N–H and O–H groups in total. The summed E-state index contributed by atoms with van der Waals surface area (Å²) in [6, 6.07) is 0.681. The summed E-state index contributed by atoms with van der Waals surface area (Å²) < 4.78 is 0. The van der Waals surface area contributed by atoms with Gasteiger partial charge in [-0.3, -0.25) is 0 Å². The van der Waals surface area contributed by atoms with Crippen LogP contribution in [0.2, 0.25) is 0 Å². The summed E-state index contributed by atoms with van der Waals surface area (Å²) >= 11 is 0. The quantitative estimate of drug-likeness (QED) is 0.633. The smallest absolute Gasteiger partial charge is 0.0320 e. The van der Waals surface area contributed by atoms with E-state index in [-0.39, 0.29) is 0 Å². The molecule has 0 amide bonds. The van der Waals surface area contributed by atoms with Crippen LogP contribution in [0.25, 0.3) is 0 Å². The average Bonchev–Trinajstić information content (AvgIpc) is 2.49. The maximum Gasteiger partial charge on any atom is 0.0320 e. The van der Waals surface area contributed by atoms with Gasteiger partial charge < -0.3 is 15.5 Å². The van der Waals surface area contributed by atoms with Crippen LogP contribution in [0.4, 0.5) is 0 Å². The minimum Gasteiger partial charge on any atom is -0.315 e. The Labute approximate surface area is 80.9 Å². The fourth-order valence-electron chi connectivity index (χ4n) is 2.27. The summed E-state index contributed by atoms with van der Waals surface area (Å²) in [5, 5.41) is 7.09. The van der Waals surface area contributed by atoms with Crippen molar-refractivity contribution < 1.29 is 0 Å². The van der Waals surface area contributed by atoms with Gasteiger partial charge in [-0.05, 0) is 45.4 Å². The highest BCUT2D eigenvalue weighted by molar-refractivity contribution is 4.79. The number of hydrogen-bond acceptors (Lipinski definition) is 3. The molecule has 1 atom stereocenters. The van der Waals surface area contributed by atoms with Crippen LogP contribution in [0.5, 0.6) is 0 Å². The number of nitrogens with zero attached hydrogens (tertiary/aromatic N) is 1. The minimum absolute atomic E-state index is 0.681. The summed E-state index contributed by atoms with van der Waals surface area (Å²) in [5.74, 6) is 0. The Hall–Kier alpha value is -0.120. The highest BCUT2D eigenvalue weighted by atomic mass is 15.2. The van der Waals surface area contributed by atoms with E-state index in [1.807, 2.05) is 0 Å². The lowest BCUT2D eigenvalue weighted by molar-refractivity contribution is 0.293. The number of rotatable bonds is 2. The Morgan fingerprint density at radius 2 is 1.92 bits per heavy atom. The van der Waals surface area contributed by atoms with Crippen LogP contribution in [-0.4, -0.2) is 50.2 Å². The lowest BCUT2D eigenvalue weighted by Crippen LogP contribution is -2.44. The summed E-state index contributed by atoms with van der Waals surface area (Å²) in [6.45, 7) is 7.40. The molecule has 2 rings (SSSR count). The van der Waals surface area contributed by atoms with Gasteiger partial charge in [0, 0.05) is 19.1 Å². The van der Waals surface area contributed by atoms with Crippen LogP contribution in [0.1, 0.15) is 19.3 Å². The van der Waals surface area contributed by atoms with Crippen molar-refractivity contribution in [3.8, 4) is 0 Å². The van der Waals surface area contributed by atoms with Crippen LogP contribution in [0.15, 0.2) is 0 Å². The Morgan fingerprint density at radius 1 is 1.08 bits per heavy atom. The first-order valence-corrected chi connectivity index (χ1v) is 5.61. The molecule has 13 heavy (non-hydrogen) atoms. The molecular formula is C10H21N3. The van der Waals surface area contributed by atoms with Crippen molar-refractivity contribution in [2.75, 3.05) is 39.3 Å². The third kappa shape index (κ3) is 2.93. The maximum atomic E-state index is 3.60. The van der Waals surface area contributed by atoms with E-state index >= 15 is 0 Å². The molecule has 2 aliphatic rings. The van der Waals surface area contributed by atoms with Gasteiger partial charge in [0.15, 0.2) is 0 Å². The largest absolute Gasteiger partial charge is 0.315 e. The standard InChI is InChI=1S/C10H21N3/c1-2-7-13(6-1)9-10-8-11-4-3-5-12-10/h10-12H,1-9H2. The molecule has 3 nitrogen and oxygen atoms in total. The molecule has 0 bridgehead atoms. The van der Waals surface area contributed by atoms with Gasteiger partial charge in [0.25, 0.3) is 0 Å². The zero-order valence-corrected chi connectivity index (χ0v) is 8.39. The van der Waals surface area contributed by atoms with Gasteiger partial charge in [0.05, 0.1) is 0 Å². The first kappa shape index (κ1) is 9.44. The molecule has 2 heterocycles. The van der Waals surface area contributed by atoms with E-state index in [0.29, 0.717) is 6.04 Å². The first-order valence-electron chi connectivity index (χ1n) is 5.61. The molecule has 0 aromatic rings. The van der Waals surface area contributed by atoms with E-state index in [2.05, 4.69) is 15.5 Å². The van der Waals surface area contributed by atoms with E-state index < -0.39 is 0 Å². The van der Waals surface area contributed by atoms with Gasteiger partial charge in [-0.2, -0.15) is 0 Å². The van der Waals surface area contributed by atoms with Crippen molar-refractivity contribution in [3.63, 3.8) is 0 Å². The van der Waals surface area contributed by atoms with Crippen molar-refractivity contribution in [1.82, 2.24) is 15.5 Å². The topological polar surface area (TPSA) is 27.3 Å². The molecule has 0 radical (unpaired) electrons. The third-order valence-corrected chi connectivity index (χ3v) is 3.03. The molecule has 0 saturated carbocycles. The second-order valence-electron chi connectivity index (χ2n) is 4.22. The number of likely N-dealkylation sites (tertiary alicyclic amines) is 1. The fraction of sp³-hybridized carbons (Fsp3) is 1.00. The molecule has 76 valence electrons. The van der Waals surface area contributed by atoms with Crippen LogP contribution in [0, 0.1) is 0 Å². The van der Waals surface area contributed by atoms with E-state index in [1.165, 1.54) is 52.0 Å². The molecule has 0 spiro atoms. The first-order chi connectivity index (χ1) is 6.45. The highest BCUT2D eigenvalue weighted by Gasteiger charge is 2.17. The second-order valence-corrected chi connectivity index (χ2v) is 4.22. The van der Waals surface area contributed by atoms with E-state index in [9.17, 15) is 0 Å². The molecule has 2 fully saturated rings. The Morgan fingerprint density at radius 3 is 2.77 bits per heavy atom. The van der Waals surface area contributed by atoms with E-state index in [4.69, 9.17) is 0 Å². The maximum absolute atomic E-state index is 3.60. The van der Waals surface area contributed by atoms with Crippen LogP contribution in [0.3, 0.4) is 0 Å². The molecular weight excluding hydrogens is 162 g/mol. The molecule has 1 unspecified atom stereocenters. The Kier molecular flexibility index (Phi) is 3.58. The van der Waals surface area contributed by atoms with Crippen LogP contribution in [-0.2, 0) is 0 Å². The molecule has 3 heteroatoms. The van der Waals surface area contributed by atoms with E-state index in [1.54, 1.807) is 0 Å². The zero-order valence-electron chi connectivity index (χ0n) is 8.39. The molecule has 0 aromatic carbocycles. The van der Waals surface area contributed by atoms with Gasteiger partial charge >= 0.3 is 0 Å². The van der Waals surface area contributed by atoms with Gasteiger partial charge in [0.1, 0.15) is 0 Å². The monoisotopic (exact) mass is 183 g/mol. The lowest BCUT2D eigenvalue weighted by Gasteiger charge is -2.22. The second kappa shape index (κ2) is 4.94. The Balaban J connectivity index is 1.71. The highest BCUT2D eigenvalue weighted by Crippen LogP contribution is 2.07. The van der Waals surface area contributed by atoms with E-state index in [0.717, 1.165) is 6.54 Å². The molecule has 0 aromatic heterocycles. The zero-order chi connectivity index (χ0) is 8.93.